The van der Waals surface area contributed by atoms with Crippen LogP contribution in [0.3, 0.4) is 0 Å². The number of benzene rings is 1. The summed E-state index contributed by atoms with van der Waals surface area (Å²) in [6.07, 6.45) is 4.93. The quantitative estimate of drug-likeness (QED) is 0.814. The molecule has 108 valence electrons. The zero-order chi connectivity index (χ0) is 14.5. The highest BCUT2D eigenvalue weighted by atomic mass is 15.3. The SMILES string of the molecule is Cc1cc(C)c(C(C)NCCCn2cccn2)c(C)c1. The summed E-state index contributed by atoms with van der Waals surface area (Å²) < 4.78 is 1.98. The lowest BCUT2D eigenvalue weighted by Crippen LogP contribution is -2.22. The molecule has 0 fully saturated rings. The van der Waals surface area contributed by atoms with Crippen LogP contribution >= 0.6 is 0 Å². The predicted octanol–water partition coefficient (Wildman–Crippen LogP) is 3.55. The summed E-state index contributed by atoms with van der Waals surface area (Å²) in [5, 5.41) is 7.84. The lowest BCUT2D eigenvalue weighted by Gasteiger charge is -2.20. The van der Waals surface area contributed by atoms with Gasteiger partial charge in [0.1, 0.15) is 0 Å². The van der Waals surface area contributed by atoms with E-state index in [0.29, 0.717) is 6.04 Å². The van der Waals surface area contributed by atoms with Gasteiger partial charge in [-0.2, -0.15) is 5.10 Å². The summed E-state index contributed by atoms with van der Waals surface area (Å²) in [6, 6.07) is 6.90. The van der Waals surface area contributed by atoms with E-state index in [2.05, 4.69) is 50.2 Å². The van der Waals surface area contributed by atoms with E-state index < -0.39 is 0 Å². The van der Waals surface area contributed by atoms with Crippen molar-refractivity contribution in [1.29, 1.82) is 0 Å². The third-order valence-corrected chi connectivity index (χ3v) is 3.74. The van der Waals surface area contributed by atoms with E-state index in [1.807, 2.05) is 23.1 Å². The Kier molecular flexibility index (Phi) is 4.96. The van der Waals surface area contributed by atoms with Gasteiger partial charge >= 0.3 is 0 Å². The number of rotatable bonds is 6. The zero-order valence-electron chi connectivity index (χ0n) is 13.0. The Labute approximate surface area is 122 Å². The van der Waals surface area contributed by atoms with Crippen LogP contribution in [0.2, 0.25) is 0 Å². The highest BCUT2D eigenvalue weighted by molar-refractivity contribution is 5.39. The first-order valence-electron chi connectivity index (χ1n) is 7.36. The molecule has 2 aromatic rings. The number of nitrogens with one attached hydrogen (secondary N) is 1. The molecule has 1 aromatic heterocycles. The molecule has 3 nitrogen and oxygen atoms in total. The number of aryl methyl sites for hydroxylation is 4. The molecule has 1 N–H and O–H groups in total. The lowest BCUT2D eigenvalue weighted by atomic mass is 9.95. The Morgan fingerprint density at radius 1 is 1.20 bits per heavy atom. The van der Waals surface area contributed by atoms with Gasteiger partial charge in [-0.25, -0.2) is 0 Å². The van der Waals surface area contributed by atoms with E-state index in [1.165, 1.54) is 22.3 Å². The Hall–Kier alpha value is -1.61. The van der Waals surface area contributed by atoms with Crippen LogP contribution in [0.15, 0.2) is 30.6 Å². The zero-order valence-corrected chi connectivity index (χ0v) is 13.0. The Morgan fingerprint density at radius 2 is 1.90 bits per heavy atom. The van der Waals surface area contributed by atoms with E-state index in [4.69, 9.17) is 0 Å². The molecule has 0 aliphatic rings. The average Bonchev–Trinajstić information content (AvgIpc) is 2.86. The Balaban J connectivity index is 1.87. The first kappa shape index (κ1) is 14.8. The maximum Gasteiger partial charge on any atom is 0.0489 e. The fraction of sp³-hybridized carbons (Fsp3) is 0.471. The van der Waals surface area contributed by atoms with E-state index in [1.54, 1.807) is 0 Å². The van der Waals surface area contributed by atoms with E-state index in [0.717, 1.165) is 19.5 Å². The fourth-order valence-electron chi connectivity index (χ4n) is 2.97. The second-order valence-electron chi connectivity index (χ2n) is 5.61. The number of hydrogen-bond donors (Lipinski definition) is 1. The molecular weight excluding hydrogens is 246 g/mol. The van der Waals surface area contributed by atoms with Crippen molar-refractivity contribution in [2.75, 3.05) is 6.54 Å². The second-order valence-corrected chi connectivity index (χ2v) is 5.61. The van der Waals surface area contributed by atoms with Gasteiger partial charge in [-0.3, -0.25) is 4.68 Å². The molecule has 1 aromatic carbocycles. The van der Waals surface area contributed by atoms with Crippen LogP contribution < -0.4 is 5.32 Å². The van der Waals surface area contributed by atoms with Gasteiger partial charge in [0.15, 0.2) is 0 Å². The maximum absolute atomic E-state index is 4.22. The van der Waals surface area contributed by atoms with Crippen molar-refractivity contribution >= 4 is 0 Å². The van der Waals surface area contributed by atoms with Crippen molar-refractivity contribution in [2.45, 2.75) is 46.7 Å². The molecule has 0 saturated carbocycles. The van der Waals surface area contributed by atoms with Gasteiger partial charge in [0.2, 0.25) is 0 Å². The van der Waals surface area contributed by atoms with Gasteiger partial charge in [-0.1, -0.05) is 17.7 Å². The maximum atomic E-state index is 4.22. The molecular formula is C17H25N3. The molecule has 0 aliphatic heterocycles. The van der Waals surface area contributed by atoms with Crippen LogP contribution in [0.25, 0.3) is 0 Å². The average molecular weight is 271 g/mol. The summed E-state index contributed by atoms with van der Waals surface area (Å²) in [4.78, 5) is 0. The van der Waals surface area contributed by atoms with E-state index >= 15 is 0 Å². The highest BCUT2D eigenvalue weighted by Gasteiger charge is 2.11. The molecule has 0 radical (unpaired) electrons. The van der Waals surface area contributed by atoms with Crippen LogP contribution in [0.5, 0.6) is 0 Å². The Morgan fingerprint density at radius 3 is 2.50 bits per heavy atom. The first-order chi connectivity index (χ1) is 9.58. The lowest BCUT2D eigenvalue weighted by molar-refractivity contribution is 0.505. The van der Waals surface area contributed by atoms with Gasteiger partial charge in [0.25, 0.3) is 0 Å². The summed E-state index contributed by atoms with van der Waals surface area (Å²) in [5.41, 5.74) is 5.55. The molecule has 1 heterocycles. The molecule has 0 spiro atoms. The van der Waals surface area contributed by atoms with Gasteiger partial charge in [0, 0.05) is 25.0 Å². The third-order valence-electron chi connectivity index (χ3n) is 3.74. The molecule has 0 aliphatic carbocycles. The Bertz CT molecular complexity index is 520. The normalized spacial score (nSPS) is 12.6. The van der Waals surface area contributed by atoms with Crippen molar-refractivity contribution in [3.05, 3.63) is 52.8 Å². The molecule has 20 heavy (non-hydrogen) atoms. The van der Waals surface area contributed by atoms with E-state index in [-0.39, 0.29) is 0 Å². The second kappa shape index (κ2) is 6.71. The molecule has 2 rings (SSSR count). The fourth-order valence-corrected chi connectivity index (χ4v) is 2.97. The van der Waals surface area contributed by atoms with Gasteiger partial charge in [-0.05, 0) is 63.4 Å². The first-order valence-corrected chi connectivity index (χ1v) is 7.36. The van der Waals surface area contributed by atoms with Crippen LogP contribution in [-0.2, 0) is 6.54 Å². The molecule has 0 saturated heterocycles. The molecule has 0 bridgehead atoms. The van der Waals surface area contributed by atoms with E-state index in [9.17, 15) is 0 Å². The van der Waals surface area contributed by atoms with Gasteiger partial charge in [0.05, 0.1) is 0 Å². The highest BCUT2D eigenvalue weighted by Crippen LogP contribution is 2.23. The van der Waals surface area contributed by atoms with Crippen LogP contribution in [0, 0.1) is 20.8 Å². The standard InChI is InChI=1S/C17H25N3/c1-13-11-14(2)17(15(3)12-13)16(4)18-7-5-9-20-10-6-8-19-20/h6,8,10-12,16,18H,5,7,9H2,1-4H3. The van der Waals surface area contributed by atoms with Crippen molar-refractivity contribution in [2.24, 2.45) is 0 Å². The summed E-state index contributed by atoms with van der Waals surface area (Å²) in [7, 11) is 0. The minimum Gasteiger partial charge on any atom is -0.310 e. The van der Waals surface area contributed by atoms with Crippen molar-refractivity contribution < 1.29 is 0 Å². The summed E-state index contributed by atoms with van der Waals surface area (Å²) in [5.74, 6) is 0. The molecule has 0 amide bonds. The number of nitrogens with zero attached hydrogens (tertiary/aromatic N) is 2. The van der Waals surface area contributed by atoms with Crippen LogP contribution in [-0.4, -0.2) is 16.3 Å². The van der Waals surface area contributed by atoms with Crippen molar-refractivity contribution in [3.8, 4) is 0 Å². The molecule has 3 heteroatoms. The van der Waals surface area contributed by atoms with Crippen LogP contribution in [0.4, 0.5) is 0 Å². The largest absolute Gasteiger partial charge is 0.310 e. The molecule has 1 unspecified atom stereocenters. The van der Waals surface area contributed by atoms with Crippen molar-refractivity contribution in [1.82, 2.24) is 15.1 Å². The predicted molar refractivity (Wildman–Crippen MR) is 83.9 cm³/mol. The van der Waals surface area contributed by atoms with Gasteiger partial charge < -0.3 is 5.32 Å². The minimum atomic E-state index is 0.397. The van der Waals surface area contributed by atoms with Crippen molar-refractivity contribution in [3.63, 3.8) is 0 Å². The van der Waals surface area contributed by atoms with Gasteiger partial charge in [-0.15, -0.1) is 0 Å². The minimum absolute atomic E-state index is 0.397. The smallest absolute Gasteiger partial charge is 0.0489 e. The third kappa shape index (κ3) is 3.70. The summed E-state index contributed by atoms with van der Waals surface area (Å²) in [6.45, 7) is 10.8. The number of aromatic nitrogens is 2. The topological polar surface area (TPSA) is 29.9 Å². The molecule has 1 atom stereocenters. The monoisotopic (exact) mass is 271 g/mol. The number of hydrogen-bond acceptors (Lipinski definition) is 2. The van der Waals surface area contributed by atoms with Crippen LogP contribution in [0.1, 0.15) is 41.6 Å². The summed E-state index contributed by atoms with van der Waals surface area (Å²) >= 11 is 0.